The van der Waals surface area contributed by atoms with Gasteiger partial charge in [0, 0.05) is 23.8 Å². The molecule has 3 nitrogen and oxygen atoms in total. The minimum absolute atomic E-state index is 0.585. The van der Waals surface area contributed by atoms with E-state index in [2.05, 4.69) is 45.7 Å². The Morgan fingerprint density at radius 2 is 2.14 bits per heavy atom. The van der Waals surface area contributed by atoms with Crippen LogP contribution in [0.15, 0.2) is 22.0 Å². The fourth-order valence-corrected chi connectivity index (χ4v) is 4.26. The molecule has 0 amide bonds. The summed E-state index contributed by atoms with van der Waals surface area (Å²) in [6.07, 6.45) is 5.96. The molecule has 1 aliphatic rings. The molecule has 2 aromatic rings. The minimum atomic E-state index is 0.585. The third-order valence-electron chi connectivity index (χ3n) is 3.92. The van der Waals surface area contributed by atoms with Crippen molar-refractivity contribution >= 4 is 33.1 Å². The molecule has 1 N–H and O–H groups in total. The van der Waals surface area contributed by atoms with Crippen LogP contribution in [0.1, 0.15) is 54.9 Å². The molecule has 21 heavy (non-hydrogen) atoms. The summed E-state index contributed by atoms with van der Waals surface area (Å²) in [5.74, 6) is 2.46. The van der Waals surface area contributed by atoms with Crippen LogP contribution in [0.2, 0.25) is 0 Å². The van der Waals surface area contributed by atoms with Gasteiger partial charge in [-0.25, -0.2) is 9.97 Å². The SMILES string of the molecule is CCNc1nc(Cc2cccs2)nc(C2CCCC2)c1Br. The maximum atomic E-state index is 4.88. The summed E-state index contributed by atoms with van der Waals surface area (Å²) in [6, 6.07) is 4.24. The lowest BCUT2D eigenvalue weighted by molar-refractivity contribution is 0.682. The van der Waals surface area contributed by atoms with E-state index in [0.717, 1.165) is 29.1 Å². The Morgan fingerprint density at radius 1 is 1.33 bits per heavy atom. The fourth-order valence-electron chi connectivity index (χ4n) is 2.91. The number of nitrogens with zero attached hydrogens (tertiary/aromatic N) is 2. The topological polar surface area (TPSA) is 37.8 Å². The van der Waals surface area contributed by atoms with E-state index in [1.54, 1.807) is 11.3 Å². The quantitative estimate of drug-likeness (QED) is 0.811. The lowest BCUT2D eigenvalue weighted by atomic mass is 10.0. The van der Waals surface area contributed by atoms with Gasteiger partial charge in [-0.15, -0.1) is 11.3 Å². The summed E-state index contributed by atoms with van der Waals surface area (Å²) in [4.78, 5) is 10.9. The lowest BCUT2D eigenvalue weighted by Gasteiger charge is -2.16. The summed E-state index contributed by atoms with van der Waals surface area (Å²) >= 11 is 5.49. The number of rotatable bonds is 5. The Hall–Kier alpha value is -0.940. The number of hydrogen-bond acceptors (Lipinski definition) is 4. The molecule has 1 saturated carbocycles. The van der Waals surface area contributed by atoms with E-state index in [1.807, 2.05) is 0 Å². The number of anilines is 1. The van der Waals surface area contributed by atoms with Crippen LogP contribution in [-0.4, -0.2) is 16.5 Å². The third-order valence-corrected chi connectivity index (χ3v) is 5.58. The first-order chi connectivity index (χ1) is 10.3. The van der Waals surface area contributed by atoms with Crippen LogP contribution in [0.3, 0.4) is 0 Å². The van der Waals surface area contributed by atoms with Crippen LogP contribution in [0, 0.1) is 0 Å². The van der Waals surface area contributed by atoms with Crippen LogP contribution in [0.4, 0.5) is 5.82 Å². The molecule has 1 fully saturated rings. The number of thiophene rings is 1. The Morgan fingerprint density at radius 3 is 2.81 bits per heavy atom. The van der Waals surface area contributed by atoms with Gasteiger partial charge in [-0.2, -0.15) is 0 Å². The number of aromatic nitrogens is 2. The molecule has 5 heteroatoms. The first-order valence-corrected chi connectivity index (χ1v) is 9.27. The van der Waals surface area contributed by atoms with Gasteiger partial charge < -0.3 is 5.32 Å². The summed E-state index contributed by atoms with van der Waals surface area (Å²) < 4.78 is 1.06. The normalized spacial score (nSPS) is 15.5. The van der Waals surface area contributed by atoms with E-state index in [1.165, 1.54) is 36.3 Å². The van der Waals surface area contributed by atoms with Crippen molar-refractivity contribution in [2.45, 2.75) is 44.9 Å². The van der Waals surface area contributed by atoms with Crippen molar-refractivity contribution < 1.29 is 0 Å². The molecule has 3 rings (SSSR count). The van der Waals surface area contributed by atoms with E-state index in [9.17, 15) is 0 Å². The molecule has 2 heterocycles. The number of halogens is 1. The highest BCUT2D eigenvalue weighted by atomic mass is 79.9. The molecule has 0 spiro atoms. The Bertz CT molecular complexity index is 592. The zero-order valence-electron chi connectivity index (χ0n) is 12.2. The zero-order chi connectivity index (χ0) is 14.7. The summed E-state index contributed by atoms with van der Waals surface area (Å²) in [7, 11) is 0. The van der Waals surface area contributed by atoms with Crippen molar-refractivity contribution in [3.8, 4) is 0 Å². The van der Waals surface area contributed by atoms with Crippen molar-refractivity contribution in [1.82, 2.24) is 9.97 Å². The van der Waals surface area contributed by atoms with Crippen LogP contribution < -0.4 is 5.32 Å². The highest BCUT2D eigenvalue weighted by Gasteiger charge is 2.23. The maximum absolute atomic E-state index is 4.88. The average molecular weight is 366 g/mol. The molecule has 0 atom stereocenters. The van der Waals surface area contributed by atoms with Crippen molar-refractivity contribution in [3.05, 3.63) is 38.4 Å². The molecule has 0 aliphatic heterocycles. The molecule has 0 unspecified atom stereocenters. The standard InChI is InChI=1S/C16H20BrN3S/c1-2-18-16-14(17)15(11-6-3-4-7-11)19-13(20-16)10-12-8-5-9-21-12/h5,8-9,11H,2-4,6-7,10H2,1H3,(H,18,19,20). The monoisotopic (exact) mass is 365 g/mol. The molecule has 0 aromatic carbocycles. The van der Waals surface area contributed by atoms with Crippen molar-refractivity contribution in [3.63, 3.8) is 0 Å². The van der Waals surface area contributed by atoms with E-state index in [0.29, 0.717) is 5.92 Å². The van der Waals surface area contributed by atoms with E-state index >= 15 is 0 Å². The van der Waals surface area contributed by atoms with Crippen LogP contribution in [-0.2, 0) is 6.42 Å². The predicted molar refractivity (Wildman–Crippen MR) is 92.2 cm³/mol. The average Bonchev–Trinajstić information content (AvgIpc) is 3.15. The largest absolute Gasteiger partial charge is 0.369 e. The van der Waals surface area contributed by atoms with Gasteiger partial charge in [0.1, 0.15) is 11.6 Å². The van der Waals surface area contributed by atoms with Crippen LogP contribution in [0.25, 0.3) is 0 Å². The van der Waals surface area contributed by atoms with E-state index < -0.39 is 0 Å². The number of nitrogens with one attached hydrogen (secondary N) is 1. The minimum Gasteiger partial charge on any atom is -0.369 e. The van der Waals surface area contributed by atoms with Gasteiger partial charge >= 0.3 is 0 Å². The highest BCUT2D eigenvalue weighted by Crippen LogP contribution is 2.38. The van der Waals surface area contributed by atoms with Crippen LogP contribution in [0.5, 0.6) is 0 Å². The van der Waals surface area contributed by atoms with Gasteiger partial charge in [-0.05, 0) is 47.1 Å². The molecular weight excluding hydrogens is 346 g/mol. The summed E-state index contributed by atoms with van der Waals surface area (Å²) in [5, 5.41) is 5.47. The first kappa shape index (κ1) is 15.0. The van der Waals surface area contributed by atoms with Crippen molar-refractivity contribution in [2.75, 3.05) is 11.9 Å². The van der Waals surface area contributed by atoms with Gasteiger partial charge in [-0.1, -0.05) is 18.9 Å². The summed E-state index contributed by atoms with van der Waals surface area (Å²) in [5.41, 5.74) is 1.20. The highest BCUT2D eigenvalue weighted by molar-refractivity contribution is 9.10. The fraction of sp³-hybridized carbons (Fsp3) is 0.500. The predicted octanol–water partition coefficient (Wildman–Crippen LogP) is 4.98. The molecule has 0 saturated heterocycles. The Kier molecular flexibility index (Phi) is 4.91. The van der Waals surface area contributed by atoms with E-state index in [4.69, 9.17) is 9.97 Å². The lowest BCUT2D eigenvalue weighted by Crippen LogP contribution is -2.10. The second-order valence-electron chi connectivity index (χ2n) is 5.46. The van der Waals surface area contributed by atoms with Gasteiger partial charge in [0.25, 0.3) is 0 Å². The molecule has 112 valence electrons. The molecular formula is C16H20BrN3S. The Labute approximate surface area is 138 Å². The Balaban J connectivity index is 1.95. The second-order valence-corrected chi connectivity index (χ2v) is 7.28. The van der Waals surface area contributed by atoms with Gasteiger partial charge in [0.15, 0.2) is 0 Å². The van der Waals surface area contributed by atoms with Crippen molar-refractivity contribution in [2.24, 2.45) is 0 Å². The first-order valence-electron chi connectivity index (χ1n) is 7.60. The molecule has 0 bridgehead atoms. The molecule has 1 aliphatic carbocycles. The summed E-state index contributed by atoms with van der Waals surface area (Å²) in [6.45, 7) is 2.97. The number of hydrogen-bond donors (Lipinski definition) is 1. The molecule has 2 aromatic heterocycles. The van der Waals surface area contributed by atoms with Gasteiger partial charge in [0.05, 0.1) is 10.2 Å². The van der Waals surface area contributed by atoms with Crippen LogP contribution >= 0.6 is 27.3 Å². The van der Waals surface area contributed by atoms with Gasteiger partial charge in [-0.3, -0.25) is 0 Å². The second kappa shape index (κ2) is 6.88. The smallest absolute Gasteiger partial charge is 0.144 e. The third kappa shape index (κ3) is 3.46. The van der Waals surface area contributed by atoms with E-state index in [-0.39, 0.29) is 0 Å². The maximum Gasteiger partial charge on any atom is 0.144 e. The van der Waals surface area contributed by atoms with Crippen molar-refractivity contribution in [1.29, 1.82) is 0 Å². The zero-order valence-corrected chi connectivity index (χ0v) is 14.6. The molecule has 0 radical (unpaired) electrons. The van der Waals surface area contributed by atoms with Gasteiger partial charge in [0.2, 0.25) is 0 Å².